The van der Waals surface area contributed by atoms with Gasteiger partial charge >= 0.3 is 5.97 Å². The predicted molar refractivity (Wildman–Crippen MR) is 153 cm³/mol. The fraction of sp³-hybridized carbons (Fsp3) is 0.321. The van der Waals surface area contributed by atoms with E-state index in [0.29, 0.717) is 32.1 Å². The quantitative estimate of drug-likeness (QED) is 0.283. The van der Waals surface area contributed by atoms with Gasteiger partial charge in [-0.15, -0.1) is 0 Å². The minimum atomic E-state index is -0.644. The Morgan fingerprint density at radius 2 is 1.92 bits per heavy atom. The number of hydrogen-bond donors (Lipinski definition) is 0. The van der Waals surface area contributed by atoms with Gasteiger partial charge in [0, 0.05) is 9.13 Å². The van der Waals surface area contributed by atoms with E-state index in [1.54, 1.807) is 25.5 Å². The van der Waals surface area contributed by atoms with Gasteiger partial charge in [0.05, 0.1) is 41.7 Å². The molecule has 0 fully saturated rings. The van der Waals surface area contributed by atoms with E-state index < -0.39 is 12.0 Å². The van der Waals surface area contributed by atoms with Gasteiger partial charge in [-0.05, 0) is 81.0 Å². The first-order valence-corrected chi connectivity index (χ1v) is 13.8. The number of halogens is 1. The lowest BCUT2D eigenvalue weighted by Gasteiger charge is -2.24. The van der Waals surface area contributed by atoms with Crippen molar-refractivity contribution in [1.29, 1.82) is 0 Å². The monoisotopic (exact) mass is 632 g/mol. The van der Waals surface area contributed by atoms with Gasteiger partial charge in [-0.2, -0.15) is 0 Å². The molecule has 2 heterocycles. The van der Waals surface area contributed by atoms with E-state index in [4.69, 9.17) is 14.2 Å². The van der Waals surface area contributed by atoms with Gasteiger partial charge in [0.1, 0.15) is 0 Å². The first-order chi connectivity index (χ1) is 17.6. The Labute approximate surface area is 233 Å². The molecule has 0 bridgehead atoms. The molecule has 2 aromatic carbocycles. The van der Waals surface area contributed by atoms with Gasteiger partial charge in [0.15, 0.2) is 16.3 Å². The summed E-state index contributed by atoms with van der Waals surface area (Å²) in [7, 11) is 1.59. The summed E-state index contributed by atoms with van der Waals surface area (Å²) < 4.78 is 20.0. The van der Waals surface area contributed by atoms with E-state index in [9.17, 15) is 9.59 Å². The van der Waals surface area contributed by atoms with Crippen molar-refractivity contribution >= 4 is 46.0 Å². The first-order valence-electron chi connectivity index (χ1n) is 11.9. The molecular weight excluding hydrogens is 603 g/mol. The van der Waals surface area contributed by atoms with Gasteiger partial charge in [-0.1, -0.05) is 41.2 Å². The topological polar surface area (TPSA) is 79.1 Å². The summed E-state index contributed by atoms with van der Waals surface area (Å²) in [5.41, 5.74) is 3.30. The molecule has 37 heavy (non-hydrogen) atoms. The molecule has 0 radical (unpaired) electrons. The molecule has 0 saturated heterocycles. The second-order valence-corrected chi connectivity index (χ2v) is 11.2. The summed E-state index contributed by atoms with van der Waals surface area (Å²) in [5.74, 6) is 0.693. The molecule has 194 valence electrons. The molecule has 0 unspecified atom stereocenters. The molecule has 3 aromatic rings. The Bertz CT molecular complexity index is 1550. The smallest absolute Gasteiger partial charge is 0.338 e. The number of ether oxygens (including phenoxy) is 3. The number of carbonyl (C=O) groups is 1. The van der Waals surface area contributed by atoms with E-state index in [1.807, 2.05) is 63.2 Å². The van der Waals surface area contributed by atoms with Crippen LogP contribution in [0.5, 0.6) is 11.5 Å². The predicted octanol–water partition coefficient (Wildman–Crippen LogP) is 4.51. The summed E-state index contributed by atoms with van der Waals surface area (Å²) in [6.45, 7) is 9.65. The zero-order valence-corrected chi connectivity index (χ0v) is 24.6. The van der Waals surface area contributed by atoms with Crippen molar-refractivity contribution in [2.24, 2.45) is 4.99 Å². The number of benzene rings is 2. The number of aryl methyl sites for hydroxylation is 1. The standard InChI is InChI=1S/C28H29IN2O5S/c1-7-35-27(33)23-17(5)30-28-31(24(23)18-10-8-16(4)9-11-18)26(32)22(37-28)13-19-12-20(29)14-21(34-6)25(19)36-15(2)3/h8-15,24H,7H2,1-6H3/b22-13-/t24-/m1/s1. The number of fused-ring (bicyclic) bond motifs is 1. The Morgan fingerprint density at radius 3 is 2.54 bits per heavy atom. The molecule has 0 saturated carbocycles. The average molecular weight is 633 g/mol. The van der Waals surface area contributed by atoms with Crippen LogP contribution in [0.3, 0.4) is 0 Å². The van der Waals surface area contributed by atoms with Crippen molar-refractivity contribution in [2.45, 2.75) is 46.8 Å². The molecule has 1 aliphatic heterocycles. The summed E-state index contributed by atoms with van der Waals surface area (Å²) >= 11 is 3.49. The van der Waals surface area contributed by atoms with Crippen molar-refractivity contribution < 1.29 is 19.0 Å². The minimum Gasteiger partial charge on any atom is -0.493 e. The van der Waals surface area contributed by atoms with Crippen LogP contribution in [0.1, 0.15) is 50.4 Å². The summed E-state index contributed by atoms with van der Waals surface area (Å²) in [4.78, 5) is 32.1. The molecule has 9 heteroatoms. The van der Waals surface area contributed by atoms with E-state index in [0.717, 1.165) is 20.3 Å². The lowest BCUT2D eigenvalue weighted by molar-refractivity contribution is -0.139. The fourth-order valence-electron chi connectivity index (χ4n) is 4.21. The largest absolute Gasteiger partial charge is 0.493 e. The molecule has 7 nitrogen and oxygen atoms in total. The number of carbonyl (C=O) groups excluding carboxylic acids is 1. The highest BCUT2D eigenvalue weighted by Crippen LogP contribution is 2.35. The normalized spacial score (nSPS) is 15.5. The summed E-state index contributed by atoms with van der Waals surface area (Å²) in [5, 5.41) is 0. The molecular formula is C28H29IN2O5S. The van der Waals surface area contributed by atoms with Gasteiger partial charge in [-0.25, -0.2) is 9.79 Å². The van der Waals surface area contributed by atoms with Crippen LogP contribution in [-0.2, 0) is 9.53 Å². The number of thiazole rings is 1. The van der Waals surface area contributed by atoms with Crippen LogP contribution in [-0.4, -0.2) is 30.4 Å². The Balaban J connectivity index is 1.98. The Kier molecular flexibility index (Phi) is 8.23. The third kappa shape index (κ3) is 5.52. The molecule has 4 rings (SSSR count). The lowest BCUT2D eigenvalue weighted by atomic mass is 9.95. The van der Waals surface area contributed by atoms with Crippen molar-refractivity contribution in [3.05, 3.63) is 87.6 Å². The first kappa shape index (κ1) is 27.1. The maximum absolute atomic E-state index is 13.9. The molecule has 0 spiro atoms. The molecule has 0 aliphatic carbocycles. The van der Waals surface area contributed by atoms with E-state index >= 15 is 0 Å². The molecule has 1 aromatic heterocycles. The van der Waals surface area contributed by atoms with Crippen LogP contribution in [0.25, 0.3) is 6.08 Å². The number of nitrogens with zero attached hydrogens (tertiary/aromatic N) is 2. The maximum atomic E-state index is 13.9. The molecule has 1 atom stereocenters. The van der Waals surface area contributed by atoms with Crippen LogP contribution < -0.4 is 24.4 Å². The third-order valence-corrected chi connectivity index (χ3v) is 7.42. The van der Waals surface area contributed by atoms with Crippen LogP contribution in [0.4, 0.5) is 0 Å². The van der Waals surface area contributed by atoms with Crippen molar-refractivity contribution in [2.75, 3.05) is 13.7 Å². The number of aromatic nitrogens is 1. The lowest BCUT2D eigenvalue weighted by Crippen LogP contribution is -2.39. The number of methoxy groups -OCH3 is 1. The van der Waals surface area contributed by atoms with Crippen molar-refractivity contribution in [3.8, 4) is 11.5 Å². The van der Waals surface area contributed by atoms with Crippen LogP contribution in [0.2, 0.25) is 0 Å². The number of rotatable bonds is 7. The Hall–Kier alpha value is -2.92. The van der Waals surface area contributed by atoms with Crippen LogP contribution >= 0.6 is 33.9 Å². The fourth-order valence-corrected chi connectivity index (χ4v) is 5.86. The molecule has 0 N–H and O–H groups in total. The third-order valence-electron chi connectivity index (χ3n) is 5.82. The molecule has 1 aliphatic rings. The van der Waals surface area contributed by atoms with Crippen LogP contribution in [0, 0.1) is 10.5 Å². The summed E-state index contributed by atoms with van der Waals surface area (Å²) in [6.07, 6.45) is 1.72. The van der Waals surface area contributed by atoms with E-state index in [1.165, 1.54) is 11.3 Å². The second kappa shape index (κ2) is 11.2. The van der Waals surface area contributed by atoms with Crippen LogP contribution in [0.15, 0.2) is 57.5 Å². The van der Waals surface area contributed by atoms with E-state index in [2.05, 4.69) is 27.6 Å². The zero-order valence-electron chi connectivity index (χ0n) is 21.6. The SMILES string of the molecule is CCOC(=O)C1=C(C)N=c2s/c(=C\c3cc(I)cc(OC)c3OC(C)C)c(=O)n2[C@@H]1c1ccc(C)cc1. The number of allylic oxidation sites excluding steroid dienone is 1. The highest BCUT2D eigenvalue weighted by Gasteiger charge is 2.33. The second-order valence-electron chi connectivity index (χ2n) is 8.91. The highest BCUT2D eigenvalue weighted by atomic mass is 127. The molecule has 0 amide bonds. The van der Waals surface area contributed by atoms with Gasteiger partial charge in [0.25, 0.3) is 5.56 Å². The maximum Gasteiger partial charge on any atom is 0.338 e. The minimum absolute atomic E-state index is 0.0846. The number of hydrogen-bond acceptors (Lipinski definition) is 7. The number of esters is 1. The van der Waals surface area contributed by atoms with Crippen molar-refractivity contribution in [3.63, 3.8) is 0 Å². The van der Waals surface area contributed by atoms with Gasteiger partial charge in [-0.3, -0.25) is 9.36 Å². The highest BCUT2D eigenvalue weighted by molar-refractivity contribution is 14.1. The summed E-state index contributed by atoms with van der Waals surface area (Å²) in [6, 6.07) is 11.0. The zero-order chi connectivity index (χ0) is 26.9. The van der Waals surface area contributed by atoms with Crippen molar-refractivity contribution in [1.82, 2.24) is 4.57 Å². The van der Waals surface area contributed by atoms with Gasteiger partial charge in [0.2, 0.25) is 0 Å². The average Bonchev–Trinajstić information content (AvgIpc) is 3.14. The van der Waals surface area contributed by atoms with Gasteiger partial charge < -0.3 is 14.2 Å². The van der Waals surface area contributed by atoms with E-state index in [-0.39, 0.29) is 18.3 Å². The Morgan fingerprint density at radius 1 is 1.22 bits per heavy atom.